The molecule has 0 saturated heterocycles. The van der Waals surface area contributed by atoms with Gasteiger partial charge in [-0.1, -0.05) is 24.4 Å². The molecule has 0 heterocycles. The summed E-state index contributed by atoms with van der Waals surface area (Å²) in [6, 6.07) is -0.639. The first kappa shape index (κ1) is 18.2. The normalized spacial score (nSPS) is 19.9. The van der Waals surface area contributed by atoms with Gasteiger partial charge in [0.05, 0.1) is 24.5 Å². The molecular formula is C13H27N3O4S. The second-order valence-electron chi connectivity index (χ2n) is 5.76. The van der Waals surface area contributed by atoms with Crippen molar-refractivity contribution in [3.63, 3.8) is 0 Å². The van der Waals surface area contributed by atoms with Crippen LogP contribution >= 0.6 is 0 Å². The molecule has 124 valence electrons. The summed E-state index contributed by atoms with van der Waals surface area (Å²) in [4.78, 5) is 0. The Labute approximate surface area is 127 Å². The van der Waals surface area contributed by atoms with Gasteiger partial charge in [-0.05, 0) is 32.6 Å². The monoisotopic (exact) mass is 321 g/mol. The molecule has 8 heteroatoms. The van der Waals surface area contributed by atoms with E-state index in [1.165, 1.54) is 0 Å². The summed E-state index contributed by atoms with van der Waals surface area (Å²) >= 11 is 0. The van der Waals surface area contributed by atoms with Crippen LogP contribution in [0.3, 0.4) is 0 Å². The van der Waals surface area contributed by atoms with Crippen LogP contribution in [0.2, 0.25) is 0 Å². The largest absolute Gasteiger partial charge is 0.409 e. The topological polar surface area (TPSA) is 114 Å². The fraction of sp³-hybridized carbons (Fsp3) is 0.923. The number of rotatable bonds is 8. The molecule has 7 nitrogen and oxygen atoms in total. The number of nitrogens with one attached hydrogen (secondary N) is 1. The molecule has 1 aliphatic carbocycles. The third-order valence-electron chi connectivity index (χ3n) is 3.67. The lowest BCUT2D eigenvalue weighted by Gasteiger charge is -2.29. The molecule has 0 amide bonds. The maximum Gasteiger partial charge on any atom is 0.214 e. The number of hydrogen-bond acceptors (Lipinski definition) is 5. The Bertz CT molecular complexity index is 431. The van der Waals surface area contributed by atoms with E-state index in [0.717, 1.165) is 32.1 Å². The van der Waals surface area contributed by atoms with Gasteiger partial charge in [-0.25, -0.2) is 13.1 Å². The van der Waals surface area contributed by atoms with Crippen LogP contribution in [0.5, 0.6) is 0 Å². The molecule has 0 bridgehead atoms. The highest BCUT2D eigenvalue weighted by molar-refractivity contribution is 7.89. The van der Waals surface area contributed by atoms with E-state index in [-0.39, 0.29) is 30.2 Å². The summed E-state index contributed by atoms with van der Waals surface area (Å²) in [5, 5.41) is 11.9. The minimum Gasteiger partial charge on any atom is -0.409 e. The van der Waals surface area contributed by atoms with Gasteiger partial charge in [-0.3, -0.25) is 0 Å². The quantitative estimate of drug-likeness (QED) is 0.267. The molecule has 1 atom stereocenters. The molecule has 0 spiro atoms. The maximum atomic E-state index is 12.1. The number of amidine groups is 1. The van der Waals surface area contributed by atoms with Gasteiger partial charge in [-0.15, -0.1) is 0 Å². The van der Waals surface area contributed by atoms with Gasteiger partial charge in [0.2, 0.25) is 10.0 Å². The molecule has 0 aromatic carbocycles. The Morgan fingerprint density at radius 1 is 1.38 bits per heavy atom. The summed E-state index contributed by atoms with van der Waals surface area (Å²) in [5.74, 6) is -0.127. The van der Waals surface area contributed by atoms with E-state index < -0.39 is 16.1 Å². The molecule has 1 aliphatic rings. The van der Waals surface area contributed by atoms with E-state index in [0.29, 0.717) is 0 Å². The predicted molar refractivity (Wildman–Crippen MR) is 81.8 cm³/mol. The molecule has 0 aromatic rings. The molecule has 0 aliphatic heterocycles. The van der Waals surface area contributed by atoms with Crippen molar-refractivity contribution in [2.75, 3.05) is 12.4 Å². The van der Waals surface area contributed by atoms with Gasteiger partial charge in [0.15, 0.2) is 5.84 Å². The number of sulfonamides is 1. The van der Waals surface area contributed by atoms with E-state index in [1.807, 2.05) is 13.8 Å². The fourth-order valence-electron chi connectivity index (χ4n) is 2.57. The first-order chi connectivity index (χ1) is 9.85. The third kappa shape index (κ3) is 6.62. The second-order valence-corrected chi connectivity index (χ2v) is 7.63. The lowest BCUT2D eigenvalue weighted by molar-refractivity contribution is 0.0911. The number of ether oxygens (including phenoxy) is 1. The SMILES string of the molecule is CC(C)OCCS(=O)(=O)NC(C(N)=NO)C1CCCCC1. The number of nitrogens with zero attached hydrogens (tertiary/aromatic N) is 1. The Morgan fingerprint density at radius 2 is 2.00 bits per heavy atom. The minimum atomic E-state index is -3.53. The van der Waals surface area contributed by atoms with Crippen LogP contribution in [0.4, 0.5) is 0 Å². The van der Waals surface area contributed by atoms with Gasteiger partial charge < -0.3 is 15.7 Å². The first-order valence-electron chi connectivity index (χ1n) is 7.44. The summed E-state index contributed by atoms with van der Waals surface area (Å²) in [7, 11) is -3.53. The molecule has 21 heavy (non-hydrogen) atoms. The fourth-order valence-corrected chi connectivity index (χ4v) is 3.71. The molecule has 1 saturated carbocycles. The average molecular weight is 321 g/mol. The molecular weight excluding hydrogens is 294 g/mol. The Balaban J connectivity index is 2.66. The maximum absolute atomic E-state index is 12.1. The smallest absolute Gasteiger partial charge is 0.214 e. The molecule has 1 unspecified atom stereocenters. The highest BCUT2D eigenvalue weighted by atomic mass is 32.2. The standard InChI is InChI=1S/C13H27N3O4S/c1-10(2)20-8-9-21(18,19)16-12(13(14)15-17)11-6-4-3-5-7-11/h10-12,16-17H,3-9H2,1-2H3,(H2,14,15). The van der Waals surface area contributed by atoms with Crippen molar-refractivity contribution in [2.45, 2.75) is 58.1 Å². The summed E-state index contributed by atoms with van der Waals surface area (Å²) in [6.45, 7) is 3.82. The van der Waals surface area contributed by atoms with Crippen LogP contribution in [0, 0.1) is 5.92 Å². The molecule has 1 rings (SSSR count). The van der Waals surface area contributed by atoms with E-state index >= 15 is 0 Å². The van der Waals surface area contributed by atoms with E-state index in [2.05, 4.69) is 9.88 Å². The van der Waals surface area contributed by atoms with Gasteiger partial charge in [0.25, 0.3) is 0 Å². The Morgan fingerprint density at radius 3 is 2.52 bits per heavy atom. The molecule has 0 radical (unpaired) electrons. The third-order valence-corrected chi connectivity index (χ3v) is 4.98. The van der Waals surface area contributed by atoms with Crippen LogP contribution in [0.25, 0.3) is 0 Å². The van der Waals surface area contributed by atoms with Crippen molar-refractivity contribution in [2.24, 2.45) is 16.8 Å². The van der Waals surface area contributed by atoms with Gasteiger partial charge in [0, 0.05) is 0 Å². The number of nitrogens with two attached hydrogens (primary N) is 1. The van der Waals surface area contributed by atoms with Crippen molar-refractivity contribution in [3.8, 4) is 0 Å². The van der Waals surface area contributed by atoms with Crippen molar-refractivity contribution >= 4 is 15.9 Å². The van der Waals surface area contributed by atoms with Crippen LogP contribution in [0.15, 0.2) is 5.16 Å². The van der Waals surface area contributed by atoms with Gasteiger partial charge in [-0.2, -0.15) is 0 Å². The summed E-state index contributed by atoms with van der Waals surface area (Å²) < 4.78 is 32.0. The Hall–Kier alpha value is -0.860. The average Bonchev–Trinajstić information content (AvgIpc) is 2.44. The minimum absolute atomic E-state index is 0.0154. The van der Waals surface area contributed by atoms with Gasteiger partial charge >= 0.3 is 0 Å². The van der Waals surface area contributed by atoms with Crippen LogP contribution in [-0.4, -0.2) is 44.0 Å². The van der Waals surface area contributed by atoms with Crippen molar-refractivity contribution in [1.29, 1.82) is 0 Å². The van der Waals surface area contributed by atoms with Crippen molar-refractivity contribution < 1.29 is 18.4 Å². The highest BCUT2D eigenvalue weighted by Crippen LogP contribution is 2.27. The van der Waals surface area contributed by atoms with Gasteiger partial charge in [0.1, 0.15) is 0 Å². The van der Waals surface area contributed by atoms with Crippen molar-refractivity contribution in [3.05, 3.63) is 0 Å². The van der Waals surface area contributed by atoms with Crippen LogP contribution in [0.1, 0.15) is 46.0 Å². The highest BCUT2D eigenvalue weighted by Gasteiger charge is 2.30. The van der Waals surface area contributed by atoms with E-state index in [4.69, 9.17) is 15.7 Å². The summed E-state index contributed by atoms with van der Waals surface area (Å²) in [6.07, 6.45) is 4.97. The second kappa shape index (κ2) is 8.55. The van der Waals surface area contributed by atoms with Crippen LogP contribution in [-0.2, 0) is 14.8 Å². The first-order valence-corrected chi connectivity index (χ1v) is 9.10. The van der Waals surface area contributed by atoms with Crippen molar-refractivity contribution in [1.82, 2.24) is 4.72 Å². The molecule has 0 aromatic heterocycles. The zero-order chi connectivity index (χ0) is 15.9. The zero-order valence-corrected chi connectivity index (χ0v) is 13.6. The van der Waals surface area contributed by atoms with E-state index in [1.54, 1.807) is 0 Å². The lowest BCUT2D eigenvalue weighted by Crippen LogP contribution is -2.50. The molecule has 4 N–H and O–H groups in total. The Kier molecular flexibility index (Phi) is 7.41. The predicted octanol–water partition coefficient (Wildman–Crippen LogP) is 1.03. The molecule has 1 fully saturated rings. The number of oxime groups is 1. The summed E-state index contributed by atoms with van der Waals surface area (Å²) in [5.41, 5.74) is 5.67. The lowest BCUT2D eigenvalue weighted by atomic mass is 9.84. The number of hydrogen-bond donors (Lipinski definition) is 3. The van der Waals surface area contributed by atoms with E-state index in [9.17, 15) is 8.42 Å². The zero-order valence-electron chi connectivity index (χ0n) is 12.8. The van der Waals surface area contributed by atoms with Crippen LogP contribution < -0.4 is 10.5 Å².